The van der Waals surface area contributed by atoms with Crippen molar-refractivity contribution in [1.82, 2.24) is 9.80 Å². The van der Waals surface area contributed by atoms with Crippen LogP contribution in [0.2, 0.25) is 0 Å². The molecule has 2 heterocycles. The molecular formula is C33H32N2OS. The van der Waals surface area contributed by atoms with E-state index in [2.05, 4.69) is 119 Å². The summed E-state index contributed by atoms with van der Waals surface area (Å²) in [6, 6.07) is 42.6. The third-order valence-corrected chi connectivity index (χ3v) is 9.45. The predicted molar refractivity (Wildman–Crippen MR) is 152 cm³/mol. The molecule has 2 saturated heterocycles. The van der Waals surface area contributed by atoms with Gasteiger partial charge in [0.2, 0.25) is 0 Å². The van der Waals surface area contributed by atoms with E-state index in [1.165, 1.54) is 22.3 Å². The third kappa shape index (κ3) is 4.34. The first-order valence-electron chi connectivity index (χ1n) is 13.0. The highest BCUT2D eigenvalue weighted by atomic mass is 32.2. The van der Waals surface area contributed by atoms with E-state index >= 15 is 0 Å². The molecule has 2 amide bonds. The van der Waals surface area contributed by atoms with E-state index in [0.29, 0.717) is 13.1 Å². The maximum absolute atomic E-state index is 14.6. The van der Waals surface area contributed by atoms with E-state index in [1.807, 2.05) is 23.9 Å². The van der Waals surface area contributed by atoms with Gasteiger partial charge in [-0.2, -0.15) is 11.8 Å². The highest BCUT2D eigenvalue weighted by Gasteiger charge is 2.68. The molecule has 0 aromatic heterocycles. The quantitative estimate of drug-likeness (QED) is 0.245. The van der Waals surface area contributed by atoms with Crippen molar-refractivity contribution in [2.45, 2.75) is 37.0 Å². The summed E-state index contributed by atoms with van der Waals surface area (Å²) in [5, 5.41) is 0. The summed E-state index contributed by atoms with van der Waals surface area (Å²) in [5.41, 5.74) is 4.28. The fourth-order valence-corrected chi connectivity index (χ4v) is 8.12. The van der Waals surface area contributed by atoms with Gasteiger partial charge >= 0.3 is 6.03 Å². The molecule has 0 saturated carbocycles. The number of hydrogen-bond donors (Lipinski definition) is 0. The van der Waals surface area contributed by atoms with Crippen molar-refractivity contribution < 1.29 is 4.79 Å². The van der Waals surface area contributed by atoms with Crippen LogP contribution in [0.15, 0.2) is 121 Å². The lowest BCUT2D eigenvalue weighted by molar-refractivity contribution is 0.0866. The summed E-state index contributed by atoms with van der Waals surface area (Å²) < 4.78 is 0. The van der Waals surface area contributed by atoms with Crippen molar-refractivity contribution in [3.8, 4) is 0 Å². The number of fused-ring (bicyclic) bond motifs is 1. The normalized spacial score (nSPS) is 22.9. The van der Waals surface area contributed by atoms with Crippen molar-refractivity contribution in [3.05, 3.63) is 144 Å². The van der Waals surface area contributed by atoms with E-state index in [4.69, 9.17) is 0 Å². The maximum Gasteiger partial charge on any atom is 0.321 e. The molecule has 4 aromatic carbocycles. The Morgan fingerprint density at radius 3 is 1.19 bits per heavy atom. The average Bonchev–Trinajstić information content (AvgIpc) is 3.37. The Bertz CT molecular complexity index is 1230. The summed E-state index contributed by atoms with van der Waals surface area (Å²) in [7, 11) is 0. The smallest absolute Gasteiger partial charge is 0.311 e. The first-order valence-corrected chi connectivity index (χ1v) is 14.2. The Hall–Kier alpha value is -3.50. The minimum absolute atomic E-state index is 0.153. The first kappa shape index (κ1) is 23.9. The minimum Gasteiger partial charge on any atom is -0.311 e. The van der Waals surface area contributed by atoms with Crippen LogP contribution in [0.3, 0.4) is 0 Å². The molecule has 2 atom stereocenters. The van der Waals surface area contributed by atoms with E-state index in [9.17, 15) is 4.79 Å². The third-order valence-electron chi connectivity index (χ3n) is 8.09. The molecule has 6 rings (SSSR count). The number of urea groups is 1. The topological polar surface area (TPSA) is 23.6 Å². The fraction of sp³-hybridized carbons (Fsp3) is 0.242. The van der Waals surface area contributed by atoms with Gasteiger partial charge in [-0.25, -0.2) is 4.79 Å². The highest BCUT2D eigenvalue weighted by molar-refractivity contribution is 7.99. The van der Waals surface area contributed by atoms with Gasteiger partial charge in [-0.1, -0.05) is 121 Å². The zero-order valence-corrected chi connectivity index (χ0v) is 21.8. The Morgan fingerprint density at radius 2 is 0.838 bits per heavy atom. The van der Waals surface area contributed by atoms with Crippen LogP contribution in [0.5, 0.6) is 0 Å². The summed E-state index contributed by atoms with van der Waals surface area (Å²) in [6.07, 6.45) is 1.69. The number of benzene rings is 4. The molecule has 2 fully saturated rings. The SMILES string of the molecule is O=C1N(Cc2ccccc2)[C@@]2(Cc3ccccc3)CSC[C@@]2(Cc2ccccc2)N1Cc1ccccc1. The Labute approximate surface area is 224 Å². The van der Waals surface area contributed by atoms with Crippen LogP contribution in [-0.2, 0) is 25.9 Å². The van der Waals surface area contributed by atoms with Gasteiger partial charge in [0.25, 0.3) is 0 Å². The molecule has 0 spiro atoms. The van der Waals surface area contributed by atoms with E-state index < -0.39 is 0 Å². The van der Waals surface area contributed by atoms with Gasteiger partial charge in [0.05, 0.1) is 11.1 Å². The average molecular weight is 505 g/mol. The lowest BCUT2D eigenvalue weighted by Crippen LogP contribution is -2.63. The Morgan fingerprint density at radius 1 is 0.514 bits per heavy atom. The summed E-state index contributed by atoms with van der Waals surface area (Å²) in [4.78, 5) is 19.0. The van der Waals surface area contributed by atoms with Gasteiger partial charge in [0, 0.05) is 24.6 Å². The number of nitrogens with zero attached hydrogens (tertiary/aromatic N) is 2. The number of rotatable bonds is 8. The minimum atomic E-state index is -0.323. The standard InChI is InChI=1S/C33H32N2OS/c36-31-34(23-29-17-9-3-10-18-29)32(21-27-13-5-1-6-14-27)25-37-26-33(32,22-28-15-7-2-8-16-28)35(31)24-30-19-11-4-12-20-30/h1-20H,21-26H2/t32-,33+. The van der Waals surface area contributed by atoms with Crippen LogP contribution in [0.1, 0.15) is 22.3 Å². The summed E-state index contributed by atoms with van der Waals surface area (Å²) >= 11 is 2.00. The van der Waals surface area contributed by atoms with E-state index in [-0.39, 0.29) is 17.1 Å². The van der Waals surface area contributed by atoms with E-state index in [1.54, 1.807) is 0 Å². The molecular weight excluding hydrogens is 472 g/mol. The Balaban J connectivity index is 1.51. The molecule has 4 aromatic rings. The zero-order valence-electron chi connectivity index (χ0n) is 21.0. The van der Waals surface area contributed by atoms with Crippen LogP contribution < -0.4 is 0 Å². The largest absolute Gasteiger partial charge is 0.321 e. The van der Waals surface area contributed by atoms with Crippen LogP contribution >= 0.6 is 11.8 Å². The van der Waals surface area contributed by atoms with Crippen molar-refractivity contribution in [1.29, 1.82) is 0 Å². The van der Waals surface area contributed by atoms with Crippen molar-refractivity contribution in [2.24, 2.45) is 0 Å². The lowest BCUT2D eigenvalue weighted by Gasteiger charge is -2.46. The van der Waals surface area contributed by atoms with Crippen LogP contribution in [0.25, 0.3) is 0 Å². The predicted octanol–water partition coefficient (Wildman–Crippen LogP) is 6.83. The second-order valence-electron chi connectivity index (χ2n) is 10.3. The van der Waals surface area contributed by atoms with Gasteiger partial charge in [-0.3, -0.25) is 0 Å². The van der Waals surface area contributed by atoms with Gasteiger partial charge in [-0.05, 0) is 35.1 Å². The second kappa shape index (κ2) is 10.1. The Kier molecular flexibility index (Phi) is 6.52. The van der Waals surface area contributed by atoms with Gasteiger partial charge in [0.15, 0.2) is 0 Å². The van der Waals surface area contributed by atoms with Gasteiger partial charge in [-0.15, -0.1) is 0 Å². The van der Waals surface area contributed by atoms with Crippen LogP contribution in [0.4, 0.5) is 4.79 Å². The summed E-state index contributed by atoms with van der Waals surface area (Å²) in [6.45, 7) is 1.24. The van der Waals surface area contributed by atoms with Crippen molar-refractivity contribution in [3.63, 3.8) is 0 Å². The fourth-order valence-electron chi connectivity index (χ4n) is 6.29. The van der Waals surface area contributed by atoms with E-state index in [0.717, 1.165) is 24.3 Å². The second-order valence-corrected chi connectivity index (χ2v) is 11.3. The molecule has 0 radical (unpaired) electrons. The molecule has 0 N–H and O–H groups in total. The number of thioether (sulfide) groups is 1. The zero-order chi connectivity index (χ0) is 25.1. The first-order chi connectivity index (χ1) is 18.2. The molecule has 0 bridgehead atoms. The maximum atomic E-state index is 14.6. The number of carbonyl (C=O) groups is 1. The van der Waals surface area contributed by atoms with Crippen LogP contribution in [-0.4, -0.2) is 38.4 Å². The number of hydrogen-bond acceptors (Lipinski definition) is 2. The molecule has 37 heavy (non-hydrogen) atoms. The van der Waals surface area contributed by atoms with Crippen LogP contribution in [0, 0.1) is 0 Å². The number of carbonyl (C=O) groups excluding carboxylic acids is 1. The molecule has 186 valence electrons. The monoisotopic (exact) mass is 504 g/mol. The molecule has 2 aliphatic heterocycles. The summed E-state index contributed by atoms with van der Waals surface area (Å²) in [5.74, 6) is 1.86. The molecule has 4 heteroatoms. The van der Waals surface area contributed by atoms with Gasteiger partial charge < -0.3 is 9.80 Å². The highest BCUT2D eigenvalue weighted by Crippen LogP contribution is 2.54. The molecule has 0 unspecified atom stereocenters. The van der Waals surface area contributed by atoms with Crippen molar-refractivity contribution >= 4 is 17.8 Å². The molecule has 0 aliphatic carbocycles. The lowest BCUT2D eigenvalue weighted by atomic mass is 9.71. The number of amides is 2. The molecule has 3 nitrogen and oxygen atoms in total. The molecule has 2 aliphatic rings. The van der Waals surface area contributed by atoms with Crippen molar-refractivity contribution in [2.75, 3.05) is 11.5 Å². The van der Waals surface area contributed by atoms with Gasteiger partial charge in [0.1, 0.15) is 0 Å².